The largest absolute Gasteiger partial charge is 0.376 e. The van der Waals surface area contributed by atoms with E-state index in [0.29, 0.717) is 0 Å². The number of amides is 1. The van der Waals surface area contributed by atoms with Gasteiger partial charge < -0.3 is 16.2 Å². The SMILES string of the molecule is CC(N)(CC(N)=O)C1CCCO1. The van der Waals surface area contributed by atoms with E-state index in [-0.39, 0.29) is 18.4 Å². The zero-order valence-corrected chi connectivity index (χ0v) is 7.38. The van der Waals surface area contributed by atoms with E-state index < -0.39 is 5.54 Å². The number of carbonyl (C=O) groups is 1. The van der Waals surface area contributed by atoms with Gasteiger partial charge in [-0.2, -0.15) is 0 Å². The summed E-state index contributed by atoms with van der Waals surface area (Å²) < 4.78 is 5.39. The molecule has 0 saturated carbocycles. The van der Waals surface area contributed by atoms with E-state index in [1.54, 1.807) is 0 Å². The van der Waals surface area contributed by atoms with E-state index in [1.807, 2.05) is 6.92 Å². The Balaban J connectivity index is 2.50. The average Bonchev–Trinajstić information content (AvgIpc) is 2.32. The third kappa shape index (κ3) is 2.19. The number of primary amides is 1. The van der Waals surface area contributed by atoms with Crippen molar-refractivity contribution in [1.29, 1.82) is 0 Å². The standard InChI is InChI=1S/C8H16N2O2/c1-8(10,5-7(9)11)6-3-2-4-12-6/h6H,2-5,10H2,1H3,(H2,9,11). The number of rotatable bonds is 3. The first-order valence-corrected chi connectivity index (χ1v) is 4.21. The molecule has 0 aromatic rings. The van der Waals surface area contributed by atoms with Crippen molar-refractivity contribution in [3.8, 4) is 0 Å². The highest BCUT2D eigenvalue weighted by Crippen LogP contribution is 2.24. The van der Waals surface area contributed by atoms with Crippen LogP contribution in [0.5, 0.6) is 0 Å². The molecule has 1 rings (SSSR count). The van der Waals surface area contributed by atoms with Crippen LogP contribution >= 0.6 is 0 Å². The quantitative estimate of drug-likeness (QED) is 0.616. The van der Waals surface area contributed by atoms with Crippen LogP contribution in [0.25, 0.3) is 0 Å². The molecule has 12 heavy (non-hydrogen) atoms. The van der Waals surface area contributed by atoms with Crippen molar-refractivity contribution in [3.05, 3.63) is 0 Å². The Kier molecular flexibility index (Phi) is 2.69. The number of hydrogen-bond donors (Lipinski definition) is 2. The van der Waals surface area contributed by atoms with Gasteiger partial charge in [0.05, 0.1) is 6.10 Å². The van der Waals surface area contributed by atoms with E-state index in [0.717, 1.165) is 19.4 Å². The van der Waals surface area contributed by atoms with Gasteiger partial charge in [0.15, 0.2) is 0 Å². The van der Waals surface area contributed by atoms with Crippen molar-refractivity contribution >= 4 is 5.91 Å². The van der Waals surface area contributed by atoms with Crippen LogP contribution in [0, 0.1) is 0 Å². The summed E-state index contributed by atoms with van der Waals surface area (Å²) in [7, 11) is 0. The maximum atomic E-state index is 10.7. The summed E-state index contributed by atoms with van der Waals surface area (Å²) in [6.07, 6.45) is 2.14. The second kappa shape index (κ2) is 3.41. The molecule has 4 nitrogen and oxygen atoms in total. The zero-order chi connectivity index (χ0) is 9.19. The van der Waals surface area contributed by atoms with E-state index in [9.17, 15) is 4.79 Å². The van der Waals surface area contributed by atoms with Crippen LogP contribution in [-0.4, -0.2) is 24.2 Å². The minimum atomic E-state index is -0.595. The fourth-order valence-corrected chi connectivity index (χ4v) is 1.59. The van der Waals surface area contributed by atoms with Crippen molar-refractivity contribution in [3.63, 3.8) is 0 Å². The number of hydrogen-bond acceptors (Lipinski definition) is 3. The van der Waals surface area contributed by atoms with Gasteiger partial charge in [-0.15, -0.1) is 0 Å². The highest BCUT2D eigenvalue weighted by Gasteiger charge is 2.34. The predicted octanol–water partition coefficient (Wildman–Crippen LogP) is -0.242. The molecule has 0 aliphatic carbocycles. The molecule has 0 bridgehead atoms. The molecule has 0 radical (unpaired) electrons. The molecule has 1 heterocycles. The Labute approximate surface area is 72.2 Å². The van der Waals surface area contributed by atoms with Gasteiger partial charge in [-0.25, -0.2) is 0 Å². The van der Waals surface area contributed by atoms with Crippen LogP contribution in [0.3, 0.4) is 0 Å². The van der Waals surface area contributed by atoms with E-state index in [2.05, 4.69) is 0 Å². The lowest BCUT2D eigenvalue weighted by molar-refractivity contribution is -0.120. The van der Waals surface area contributed by atoms with Gasteiger partial charge in [-0.05, 0) is 19.8 Å². The zero-order valence-electron chi connectivity index (χ0n) is 7.38. The summed E-state index contributed by atoms with van der Waals surface area (Å²) in [5.41, 5.74) is 10.4. The van der Waals surface area contributed by atoms with Gasteiger partial charge in [0, 0.05) is 18.6 Å². The summed E-state index contributed by atoms with van der Waals surface area (Å²) in [5.74, 6) is -0.365. The van der Waals surface area contributed by atoms with Crippen LogP contribution in [0.2, 0.25) is 0 Å². The third-order valence-electron chi connectivity index (χ3n) is 2.22. The van der Waals surface area contributed by atoms with Gasteiger partial charge in [0.25, 0.3) is 0 Å². The smallest absolute Gasteiger partial charge is 0.219 e. The number of ether oxygens (including phenoxy) is 1. The van der Waals surface area contributed by atoms with Crippen LogP contribution in [0.1, 0.15) is 26.2 Å². The Bertz CT molecular complexity index is 174. The minimum Gasteiger partial charge on any atom is -0.376 e. The van der Waals surface area contributed by atoms with Gasteiger partial charge in [0.1, 0.15) is 0 Å². The van der Waals surface area contributed by atoms with E-state index >= 15 is 0 Å². The van der Waals surface area contributed by atoms with Crippen molar-refractivity contribution in [1.82, 2.24) is 0 Å². The van der Waals surface area contributed by atoms with Crippen LogP contribution in [0.15, 0.2) is 0 Å². The first-order valence-electron chi connectivity index (χ1n) is 4.21. The first-order chi connectivity index (χ1) is 5.52. The Hall–Kier alpha value is -0.610. The summed E-state index contributed by atoms with van der Waals surface area (Å²) in [4.78, 5) is 10.7. The minimum absolute atomic E-state index is 0.00926. The molecule has 0 aromatic carbocycles. The van der Waals surface area contributed by atoms with Gasteiger partial charge in [-0.3, -0.25) is 4.79 Å². The Morgan fingerprint density at radius 2 is 2.42 bits per heavy atom. The molecule has 2 unspecified atom stereocenters. The predicted molar refractivity (Wildman–Crippen MR) is 45.4 cm³/mol. The first kappa shape index (κ1) is 9.48. The van der Waals surface area contributed by atoms with Gasteiger partial charge >= 0.3 is 0 Å². The molecule has 1 saturated heterocycles. The second-order valence-corrected chi connectivity index (χ2v) is 3.65. The topological polar surface area (TPSA) is 78.3 Å². The maximum absolute atomic E-state index is 10.7. The van der Waals surface area contributed by atoms with Crippen LogP contribution < -0.4 is 11.5 Å². The summed E-state index contributed by atoms with van der Waals surface area (Å²) in [5, 5.41) is 0. The number of nitrogens with two attached hydrogens (primary N) is 2. The molecule has 0 spiro atoms. The highest BCUT2D eigenvalue weighted by molar-refractivity contribution is 5.75. The molecule has 2 atom stereocenters. The maximum Gasteiger partial charge on any atom is 0.219 e. The molecule has 1 aliphatic heterocycles. The van der Waals surface area contributed by atoms with Gasteiger partial charge in [0.2, 0.25) is 5.91 Å². The van der Waals surface area contributed by atoms with Crippen molar-refractivity contribution < 1.29 is 9.53 Å². The molecule has 70 valence electrons. The molecular formula is C8H16N2O2. The fraction of sp³-hybridized carbons (Fsp3) is 0.875. The molecular weight excluding hydrogens is 156 g/mol. The van der Waals surface area contributed by atoms with Crippen molar-refractivity contribution in [2.45, 2.75) is 37.8 Å². The Morgan fingerprint density at radius 3 is 2.83 bits per heavy atom. The van der Waals surface area contributed by atoms with Crippen molar-refractivity contribution in [2.75, 3.05) is 6.61 Å². The second-order valence-electron chi connectivity index (χ2n) is 3.65. The highest BCUT2D eigenvalue weighted by atomic mass is 16.5. The lowest BCUT2D eigenvalue weighted by Gasteiger charge is -2.29. The molecule has 4 heteroatoms. The summed E-state index contributed by atoms with van der Waals surface area (Å²) in [6, 6.07) is 0. The lowest BCUT2D eigenvalue weighted by atomic mass is 9.90. The molecule has 1 aliphatic rings. The average molecular weight is 172 g/mol. The Morgan fingerprint density at radius 1 is 1.75 bits per heavy atom. The number of carbonyl (C=O) groups excluding carboxylic acids is 1. The third-order valence-corrected chi connectivity index (χ3v) is 2.22. The lowest BCUT2D eigenvalue weighted by Crippen LogP contribution is -2.50. The fourth-order valence-electron chi connectivity index (χ4n) is 1.59. The molecule has 4 N–H and O–H groups in total. The van der Waals surface area contributed by atoms with Gasteiger partial charge in [-0.1, -0.05) is 0 Å². The molecule has 1 amide bonds. The van der Waals surface area contributed by atoms with Crippen molar-refractivity contribution in [2.24, 2.45) is 11.5 Å². The normalized spacial score (nSPS) is 28.3. The monoisotopic (exact) mass is 172 g/mol. The van der Waals surface area contributed by atoms with E-state index in [4.69, 9.17) is 16.2 Å². The summed E-state index contributed by atoms with van der Waals surface area (Å²) in [6.45, 7) is 2.56. The molecule has 1 fully saturated rings. The van der Waals surface area contributed by atoms with E-state index in [1.165, 1.54) is 0 Å². The van der Waals surface area contributed by atoms with Crippen LogP contribution in [0.4, 0.5) is 0 Å². The van der Waals surface area contributed by atoms with Crippen LogP contribution in [-0.2, 0) is 9.53 Å². The summed E-state index contributed by atoms with van der Waals surface area (Å²) >= 11 is 0. The molecule has 0 aromatic heterocycles.